The molecule has 0 saturated heterocycles. The summed E-state index contributed by atoms with van der Waals surface area (Å²) >= 11 is 0. The fraction of sp³-hybridized carbons (Fsp3) is 0.579. The number of rotatable bonds is 7. The van der Waals surface area contributed by atoms with E-state index in [0.29, 0.717) is 25.4 Å². The van der Waals surface area contributed by atoms with Crippen molar-refractivity contribution in [3.63, 3.8) is 0 Å². The molecule has 2 aliphatic carbocycles. The SMILES string of the molecule is C[C@@H]1C[C@H]1C(=O)NCCC(=O)NCC1(c2ccc3c(c2)OCO3)CC1. The summed E-state index contributed by atoms with van der Waals surface area (Å²) in [6, 6.07) is 6.02. The second-order valence-corrected chi connectivity index (χ2v) is 7.49. The average Bonchev–Trinajstić information content (AvgIpc) is 3.50. The van der Waals surface area contributed by atoms with Crippen LogP contribution in [0.1, 0.15) is 38.2 Å². The van der Waals surface area contributed by atoms with Crippen molar-refractivity contribution < 1.29 is 19.1 Å². The van der Waals surface area contributed by atoms with Crippen molar-refractivity contribution in [2.45, 2.75) is 38.0 Å². The molecule has 0 bridgehead atoms. The maximum Gasteiger partial charge on any atom is 0.231 e. The van der Waals surface area contributed by atoms with E-state index >= 15 is 0 Å². The quantitative estimate of drug-likeness (QED) is 0.790. The fourth-order valence-corrected chi connectivity index (χ4v) is 3.42. The summed E-state index contributed by atoms with van der Waals surface area (Å²) in [5, 5.41) is 5.87. The van der Waals surface area contributed by atoms with Gasteiger partial charge in [0.15, 0.2) is 11.5 Å². The molecule has 1 heterocycles. The molecule has 2 amide bonds. The van der Waals surface area contributed by atoms with Gasteiger partial charge in [-0.25, -0.2) is 0 Å². The lowest BCUT2D eigenvalue weighted by atomic mass is 9.95. The number of fused-ring (bicyclic) bond motifs is 1. The highest BCUT2D eigenvalue weighted by Crippen LogP contribution is 2.49. The first-order valence-electron chi connectivity index (χ1n) is 9.02. The molecule has 6 heteroatoms. The predicted octanol–water partition coefficient (Wildman–Crippen LogP) is 1.73. The lowest BCUT2D eigenvalue weighted by Crippen LogP contribution is -2.35. The molecular formula is C19H24N2O4. The first kappa shape index (κ1) is 16.2. The molecular weight excluding hydrogens is 320 g/mol. The summed E-state index contributed by atoms with van der Waals surface area (Å²) < 4.78 is 10.8. The van der Waals surface area contributed by atoms with E-state index in [9.17, 15) is 9.59 Å². The van der Waals surface area contributed by atoms with E-state index in [4.69, 9.17) is 9.47 Å². The van der Waals surface area contributed by atoms with Crippen LogP contribution in [-0.4, -0.2) is 31.7 Å². The maximum atomic E-state index is 12.1. The minimum Gasteiger partial charge on any atom is -0.454 e. The van der Waals surface area contributed by atoms with Gasteiger partial charge in [0.2, 0.25) is 18.6 Å². The Labute approximate surface area is 147 Å². The van der Waals surface area contributed by atoms with E-state index in [1.807, 2.05) is 12.1 Å². The molecule has 1 aliphatic heterocycles. The highest BCUT2D eigenvalue weighted by atomic mass is 16.7. The second-order valence-electron chi connectivity index (χ2n) is 7.49. The van der Waals surface area contributed by atoms with E-state index in [2.05, 4.69) is 23.6 Å². The van der Waals surface area contributed by atoms with Crippen LogP contribution in [0.3, 0.4) is 0 Å². The van der Waals surface area contributed by atoms with Crippen LogP contribution in [0, 0.1) is 11.8 Å². The van der Waals surface area contributed by atoms with Gasteiger partial charge in [0.05, 0.1) is 0 Å². The summed E-state index contributed by atoms with van der Waals surface area (Å²) in [4.78, 5) is 23.8. The molecule has 1 aromatic carbocycles. The normalized spacial score (nSPS) is 24.5. The molecule has 6 nitrogen and oxygen atoms in total. The Balaban J connectivity index is 1.23. The second kappa shape index (κ2) is 6.24. The van der Waals surface area contributed by atoms with Crippen LogP contribution in [0.25, 0.3) is 0 Å². The maximum absolute atomic E-state index is 12.1. The molecule has 25 heavy (non-hydrogen) atoms. The van der Waals surface area contributed by atoms with Crippen LogP contribution in [0.15, 0.2) is 18.2 Å². The Morgan fingerprint density at radius 3 is 2.68 bits per heavy atom. The van der Waals surface area contributed by atoms with E-state index in [1.54, 1.807) is 0 Å². The van der Waals surface area contributed by atoms with Crippen molar-refractivity contribution in [2.24, 2.45) is 11.8 Å². The lowest BCUT2D eigenvalue weighted by molar-refractivity contribution is -0.123. The Kier molecular flexibility index (Phi) is 4.06. The van der Waals surface area contributed by atoms with E-state index in [-0.39, 0.29) is 29.9 Å². The van der Waals surface area contributed by atoms with Gasteiger partial charge in [0, 0.05) is 30.8 Å². The number of hydrogen-bond donors (Lipinski definition) is 2. The minimum atomic E-state index is -0.0174. The Bertz CT molecular complexity index is 699. The number of carbonyl (C=O) groups excluding carboxylic acids is 2. The zero-order valence-corrected chi connectivity index (χ0v) is 14.5. The standard InChI is InChI=1S/C19H24N2O4/c1-12-8-14(12)18(23)20-7-4-17(22)21-10-19(5-6-19)13-2-3-15-16(9-13)25-11-24-15/h2-3,9,12,14H,4-8,10-11H2,1H3,(H,20,23)(H,21,22)/t12-,14-/m1/s1. The zero-order valence-electron chi connectivity index (χ0n) is 14.5. The largest absolute Gasteiger partial charge is 0.454 e. The smallest absolute Gasteiger partial charge is 0.231 e. The predicted molar refractivity (Wildman–Crippen MR) is 91.4 cm³/mol. The van der Waals surface area contributed by atoms with Gasteiger partial charge in [0.25, 0.3) is 0 Å². The molecule has 0 unspecified atom stereocenters. The molecule has 0 spiro atoms. The first-order chi connectivity index (χ1) is 12.1. The summed E-state index contributed by atoms with van der Waals surface area (Å²) in [5.74, 6) is 2.28. The van der Waals surface area contributed by atoms with E-state index in [0.717, 1.165) is 30.8 Å². The summed E-state index contributed by atoms with van der Waals surface area (Å²) in [6.07, 6.45) is 3.41. The molecule has 4 rings (SSSR count). The number of ether oxygens (including phenoxy) is 2. The highest BCUT2D eigenvalue weighted by molar-refractivity contribution is 5.82. The van der Waals surface area contributed by atoms with Crippen molar-refractivity contribution in [3.05, 3.63) is 23.8 Å². The van der Waals surface area contributed by atoms with Crippen molar-refractivity contribution >= 4 is 11.8 Å². The Hall–Kier alpha value is -2.24. The van der Waals surface area contributed by atoms with E-state index in [1.165, 1.54) is 5.56 Å². The summed E-state index contributed by atoms with van der Waals surface area (Å²) in [7, 11) is 0. The molecule has 3 aliphatic rings. The third kappa shape index (κ3) is 3.43. The van der Waals surface area contributed by atoms with Gasteiger partial charge in [-0.2, -0.15) is 0 Å². The van der Waals surface area contributed by atoms with Crippen LogP contribution in [0.5, 0.6) is 11.5 Å². The van der Waals surface area contributed by atoms with Crippen LogP contribution >= 0.6 is 0 Å². The number of hydrogen-bond acceptors (Lipinski definition) is 4. The van der Waals surface area contributed by atoms with Gasteiger partial charge in [-0.15, -0.1) is 0 Å². The monoisotopic (exact) mass is 344 g/mol. The van der Waals surface area contributed by atoms with Crippen LogP contribution < -0.4 is 20.1 Å². The molecule has 134 valence electrons. The van der Waals surface area contributed by atoms with Crippen LogP contribution in [0.2, 0.25) is 0 Å². The van der Waals surface area contributed by atoms with Gasteiger partial charge in [0.1, 0.15) is 0 Å². The van der Waals surface area contributed by atoms with E-state index < -0.39 is 0 Å². The number of carbonyl (C=O) groups is 2. The Morgan fingerprint density at radius 2 is 1.96 bits per heavy atom. The first-order valence-corrected chi connectivity index (χ1v) is 9.02. The third-order valence-corrected chi connectivity index (χ3v) is 5.56. The minimum absolute atomic E-state index is 0.0172. The molecule has 2 saturated carbocycles. The molecule has 0 radical (unpaired) electrons. The summed E-state index contributed by atoms with van der Waals surface area (Å²) in [6.45, 7) is 3.38. The third-order valence-electron chi connectivity index (χ3n) is 5.56. The molecule has 2 N–H and O–H groups in total. The van der Waals surface area contributed by atoms with Gasteiger partial charge >= 0.3 is 0 Å². The van der Waals surface area contributed by atoms with Gasteiger partial charge < -0.3 is 20.1 Å². The van der Waals surface area contributed by atoms with Crippen molar-refractivity contribution in [1.82, 2.24) is 10.6 Å². The summed E-state index contributed by atoms with van der Waals surface area (Å²) in [5.41, 5.74) is 1.21. The van der Waals surface area contributed by atoms with Crippen LogP contribution in [0.4, 0.5) is 0 Å². The van der Waals surface area contributed by atoms with Gasteiger partial charge in [-0.1, -0.05) is 13.0 Å². The van der Waals surface area contributed by atoms with Crippen molar-refractivity contribution in [1.29, 1.82) is 0 Å². The zero-order chi connectivity index (χ0) is 17.4. The van der Waals surface area contributed by atoms with Crippen molar-refractivity contribution in [2.75, 3.05) is 19.9 Å². The van der Waals surface area contributed by atoms with Crippen molar-refractivity contribution in [3.8, 4) is 11.5 Å². The molecule has 2 fully saturated rings. The Morgan fingerprint density at radius 1 is 1.20 bits per heavy atom. The number of nitrogens with one attached hydrogen (secondary N) is 2. The average molecular weight is 344 g/mol. The van der Waals surface area contributed by atoms with Gasteiger partial charge in [-0.05, 0) is 42.9 Å². The molecule has 1 aromatic rings. The van der Waals surface area contributed by atoms with Gasteiger partial charge in [-0.3, -0.25) is 9.59 Å². The highest BCUT2D eigenvalue weighted by Gasteiger charge is 2.45. The fourth-order valence-electron chi connectivity index (χ4n) is 3.42. The van der Waals surface area contributed by atoms with Crippen LogP contribution in [-0.2, 0) is 15.0 Å². The lowest BCUT2D eigenvalue weighted by Gasteiger charge is -2.17. The number of benzene rings is 1. The molecule has 0 aromatic heterocycles. The topological polar surface area (TPSA) is 76.7 Å². The number of amides is 2. The molecule has 2 atom stereocenters.